The Morgan fingerprint density at radius 3 is 2.87 bits per heavy atom. The van der Waals surface area contributed by atoms with Crippen molar-refractivity contribution in [1.29, 1.82) is 0 Å². The van der Waals surface area contributed by atoms with E-state index in [0.29, 0.717) is 19.5 Å². The molecule has 4 heterocycles. The lowest BCUT2D eigenvalue weighted by atomic mass is 10.1. The normalized spacial score (nSPS) is 17.9. The topological polar surface area (TPSA) is 91.0 Å². The lowest BCUT2D eigenvalue weighted by molar-refractivity contribution is 0.440. The van der Waals surface area contributed by atoms with E-state index in [9.17, 15) is 8.42 Å². The number of hydrogen-bond acceptors (Lipinski definition) is 6. The van der Waals surface area contributed by atoms with Crippen LogP contribution in [-0.2, 0) is 10.0 Å². The molecule has 158 valence electrons. The zero-order chi connectivity index (χ0) is 21.0. The molecule has 9 heteroatoms. The van der Waals surface area contributed by atoms with Crippen LogP contribution in [0.5, 0.6) is 0 Å². The number of aromatic nitrogens is 3. The standard InChI is InChI=1S/C22H21N5O2S2/c28-31(29,16-2-3-16)27-9-6-14(7-10-27)20-12-17-18(5-8-23-22(17)26-20)25-15-1-4-19-21(11-15)30-13-24-19/h1,4-6,8,11-13,16H,2-3,7,9-10H2,(H2,23,25,26). The number of H-pyrrole nitrogens is 1. The van der Waals surface area contributed by atoms with Gasteiger partial charge in [-0.3, -0.25) is 0 Å². The van der Waals surface area contributed by atoms with Gasteiger partial charge in [-0.15, -0.1) is 11.3 Å². The Labute approximate surface area is 183 Å². The maximum atomic E-state index is 12.5. The number of aromatic amines is 1. The molecule has 2 aliphatic rings. The van der Waals surface area contributed by atoms with E-state index in [0.717, 1.165) is 56.7 Å². The third-order valence-corrected chi connectivity index (χ3v) is 9.12. The van der Waals surface area contributed by atoms with Crippen LogP contribution in [-0.4, -0.2) is 46.0 Å². The van der Waals surface area contributed by atoms with E-state index in [-0.39, 0.29) is 5.25 Å². The molecule has 1 saturated carbocycles. The van der Waals surface area contributed by atoms with Crippen molar-refractivity contribution in [2.75, 3.05) is 18.4 Å². The first kappa shape index (κ1) is 19.0. The lowest BCUT2D eigenvalue weighted by Crippen LogP contribution is -2.36. The first-order valence-corrected chi connectivity index (χ1v) is 12.7. The summed E-state index contributed by atoms with van der Waals surface area (Å²) in [5.74, 6) is 0. The van der Waals surface area contributed by atoms with Gasteiger partial charge in [0, 0.05) is 36.1 Å². The van der Waals surface area contributed by atoms with Gasteiger partial charge in [-0.25, -0.2) is 18.4 Å². The molecule has 2 N–H and O–H groups in total. The average molecular weight is 452 g/mol. The Bertz CT molecular complexity index is 1430. The molecule has 1 aliphatic heterocycles. The third kappa shape index (κ3) is 3.42. The summed E-state index contributed by atoms with van der Waals surface area (Å²) in [6.07, 6.45) is 6.11. The smallest absolute Gasteiger partial charge is 0.217 e. The fourth-order valence-corrected chi connectivity index (χ4v) is 6.60. The fourth-order valence-electron chi connectivity index (χ4n) is 4.10. The van der Waals surface area contributed by atoms with Gasteiger partial charge in [0.05, 0.1) is 26.7 Å². The first-order chi connectivity index (χ1) is 15.1. The van der Waals surface area contributed by atoms with Crippen LogP contribution in [0.15, 0.2) is 48.1 Å². The predicted molar refractivity (Wildman–Crippen MR) is 125 cm³/mol. The molecule has 6 rings (SSSR count). The highest BCUT2D eigenvalue weighted by Crippen LogP contribution is 2.35. The zero-order valence-electron chi connectivity index (χ0n) is 16.7. The van der Waals surface area contributed by atoms with Gasteiger partial charge >= 0.3 is 0 Å². The van der Waals surface area contributed by atoms with Gasteiger partial charge in [0.1, 0.15) is 5.65 Å². The number of hydrogen-bond donors (Lipinski definition) is 2. The van der Waals surface area contributed by atoms with E-state index in [1.54, 1.807) is 21.8 Å². The average Bonchev–Trinajstić information content (AvgIpc) is 3.39. The summed E-state index contributed by atoms with van der Waals surface area (Å²) in [5.41, 5.74) is 7.78. The summed E-state index contributed by atoms with van der Waals surface area (Å²) in [7, 11) is -3.12. The van der Waals surface area contributed by atoms with E-state index in [1.807, 2.05) is 29.8 Å². The third-order valence-electron chi connectivity index (χ3n) is 5.97. The highest BCUT2D eigenvalue weighted by atomic mass is 32.2. The van der Waals surface area contributed by atoms with Crippen molar-refractivity contribution in [2.45, 2.75) is 24.5 Å². The Balaban J connectivity index is 1.28. The van der Waals surface area contributed by atoms with Crippen molar-refractivity contribution in [3.63, 3.8) is 0 Å². The molecule has 0 bridgehead atoms. The molecule has 0 spiro atoms. The van der Waals surface area contributed by atoms with Gasteiger partial charge in [0.2, 0.25) is 10.0 Å². The van der Waals surface area contributed by atoms with E-state index in [2.05, 4.69) is 32.4 Å². The lowest BCUT2D eigenvalue weighted by Gasteiger charge is -2.25. The Morgan fingerprint density at radius 1 is 1.16 bits per heavy atom. The number of rotatable bonds is 5. The quantitative estimate of drug-likeness (QED) is 0.466. The summed E-state index contributed by atoms with van der Waals surface area (Å²) >= 11 is 1.62. The van der Waals surface area contributed by atoms with Gasteiger partial charge < -0.3 is 10.3 Å². The number of nitrogens with zero attached hydrogens (tertiary/aromatic N) is 3. The molecule has 4 aromatic rings. The van der Waals surface area contributed by atoms with Crippen LogP contribution < -0.4 is 5.32 Å². The van der Waals surface area contributed by atoms with Crippen LogP contribution in [0.2, 0.25) is 0 Å². The summed E-state index contributed by atoms with van der Waals surface area (Å²) in [6.45, 7) is 0.977. The number of sulfonamides is 1. The minimum atomic E-state index is -3.12. The summed E-state index contributed by atoms with van der Waals surface area (Å²) in [4.78, 5) is 12.2. The van der Waals surface area contributed by atoms with E-state index < -0.39 is 10.0 Å². The molecule has 0 atom stereocenters. The molecular formula is C22H21N5O2S2. The van der Waals surface area contributed by atoms with Crippen molar-refractivity contribution in [3.05, 3.63) is 53.8 Å². The van der Waals surface area contributed by atoms with Crippen molar-refractivity contribution >= 4 is 59.6 Å². The second-order valence-corrected chi connectivity index (χ2v) is 11.1. The van der Waals surface area contributed by atoms with Crippen LogP contribution in [0.4, 0.5) is 11.4 Å². The second-order valence-electron chi connectivity index (χ2n) is 8.05. The monoisotopic (exact) mass is 451 g/mol. The molecular weight excluding hydrogens is 430 g/mol. The minimum Gasteiger partial charge on any atom is -0.355 e. The van der Waals surface area contributed by atoms with E-state index in [1.165, 1.54) is 0 Å². The van der Waals surface area contributed by atoms with Crippen molar-refractivity contribution in [3.8, 4) is 0 Å². The summed E-state index contributed by atoms with van der Waals surface area (Å²) in [5, 5.41) is 4.36. The van der Waals surface area contributed by atoms with Crippen LogP contribution in [0, 0.1) is 0 Å². The zero-order valence-corrected chi connectivity index (χ0v) is 18.3. The van der Waals surface area contributed by atoms with Gasteiger partial charge in [-0.2, -0.15) is 4.31 Å². The van der Waals surface area contributed by atoms with Crippen molar-refractivity contribution in [1.82, 2.24) is 19.3 Å². The number of pyridine rings is 1. The van der Waals surface area contributed by atoms with Crippen LogP contribution >= 0.6 is 11.3 Å². The van der Waals surface area contributed by atoms with Crippen LogP contribution in [0.25, 0.3) is 26.8 Å². The second kappa shape index (κ2) is 7.15. The molecule has 1 aliphatic carbocycles. The highest BCUT2D eigenvalue weighted by molar-refractivity contribution is 7.90. The van der Waals surface area contributed by atoms with Gasteiger partial charge in [-0.05, 0) is 55.2 Å². The maximum Gasteiger partial charge on any atom is 0.217 e. The summed E-state index contributed by atoms with van der Waals surface area (Å²) in [6, 6.07) is 10.2. The Morgan fingerprint density at radius 2 is 2.06 bits per heavy atom. The largest absolute Gasteiger partial charge is 0.355 e. The van der Waals surface area contributed by atoms with E-state index >= 15 is 0 Å². The number of nitrogens with one attached hydrogen (secondary N) is 2. The number of anilines is 2. The molecule has 3 aromatic heterocycles. The molecule has 1 fully saturated rings. The fraction of sp³-hybridized carbons (Fsp3) is 0.273. The van der Waals surface area contributed by atoms with Gasteiger partial charge in [0.15, 0.2) is 0 Å². The number of fused-ring (bicyclic) bond motifs is 2. The van der Waals surface area contributed by atoms with Crippen molar-refractivity contribution in [2.24, 2.45) is 0 Å². The molecule has 0 saturated heterocycles. The van der Waals surface area contributed by atoms with Gasteiger partial charge in [-0.1, -0.05) is 6.08 Å². The molecule has 31 heavy (non-hydrogen) atoms. The molecule has 0 radical (unpaired) electrons. The molecule has 0 amide bonds. The van der Waals surface area contributed by atoms with Crippen LogP contribution in [0.1, 0.15) is 25.0 Å². The maximum absolute atomic E-state index is 12.5. The predicted octanol–water partition coefficient (Wildman–Crippen LogP) is 4.50. The highest BCUT2D eigenvalue weighted by Gasteiger charge is 2.40. The van der Waals surface area contributed by atoms with E-state index in [4.69, 9.17) is 0 Å². The SMILES string of the molecule is O=S(=O)(C1CC1)N1CC=C(c2cc3c(Nc4ccc5ncsc5c4)ccnc3[nH]2)CC1. The Hall–Kier alpha value is -2.75. The minimum absolute atomic E-state index is 0.155. The number of thiazole rings is 1. The first-order valence-electron chi connectivity index (χ1n) is 10.3. The van der Waals surface area contributed by atoms with Crippen LogP contribution in [0.3, 0.4) is 0 Å². The summed E-state index contributed by atoms with van der Waals surface area (Å²) < 4.78 is 27.7. The van der Waals surface area contributed by atoms with Gasteiger partial charge in [0.25, 0.3) is 0 Å². The Kier molecular flexibility index (Phi) is 4.38. The number of benzene rings is 1. The van der Waals surface area contributed by atoms with Crippen molar-refractivity contribution < 1.29 is 8.42 Å². The molecule has 0 unspecified atom stereocenters. The molecule has 1 aromatic carbocycles. The molecule has 7 nitrogen and oxygen atoms in total.